The molecule has 0 radical (unpaired) electrons. The minimum absolute atomic E-state index is 0.155. The van der Waals surface area contributed by atoms with Gasteiger partial charge >= 0.3 is 0 Å². The van der Waals surface area contributed by atoms with Gasteiger partial charge in [0.1, 0.15) is 11.5 Å². The molecule has 2 aromatic carbocycles. The van der Waals surface area contributed by atoms with Crippen LogP contribution in [0.5, 0.6) is 0 Å². The van der Waals surface area contributed by atoms with Crippen LogP contribution in [0.25, 0.3) is 17.1 Å². The molecule has 5 rings (SSSR count). The van der Waals surface area contributed by atoms with Gasteiger partial charge in [-0.1, -0.05) is 42.3 Å². The summed E-state index contributed by atoms with van der Waals surface area (Å²) in [4.78, 5) is 17.8. The molecule has 2 fully saturated rings. The van der Waals surface area contributed by atoms with Crippen LogP contribution in [0.3, 0.4) is 0 Å². The van der Waals surface area contributed by atoms with E-state index >= 15 is 0 Å². The molecule has 1 saturated heterocycles. The molecule has 0 bridgehead atoms. The number of nitrogens with zero attached hydrogens (tertiary/aromatic N) is 3. The smallest absolute Gasteiger partial charge is 0.285 e. The van der Waals surface area contributed by atoms with Gasteiger partial charge in [0.2, 0.25) is 0 Å². The Morgan fingerprint density at radius 1 is 1.07 bits per heavy atom. The molecule has 1 N–H and O–H groups in total. The zero-order valence-corrected chi connectivity index (χ0v) is 17.8. The summed E-state index contributed by atoms with van der Waals surface area (Å²) in [6.07, 6.45) is 5.69. The van der Waals surface area contributed by atoms with Crippen molar-refractivity contribution in [3.05, 3.63) is 71.0 Å². The lowest BCUT2D eigenvalue weighted by Crippen LogP contribution is -2.41. The summed E-state index contributed by atoms with van der Waals surface area (Å²) >= 11 is 6.08. The average Bonchev–Trinajstić information content (AvgIpc) is 3.44. The molecule has 5 nitrogen and oxygen atoms in total. The predicted molar refractivity (Wildman–Crippen MR) is 119 cm³/mol. The molecule has 1 saturated carbocycles. The number of carbonyl (C=O) groups is 1. The number of rotatable bonds is 4. The fraction of sp³-hybridized carbons (Fsp3) is 0.333. The van der Waals surface area contributed by atoms with Crippen molar-refractivity contribution in [2.45, 2.75) is 26.2 Å². The Balaban J connectivity index is 1.47. The monoisotopic (exact) mass is 420 g/mol. The Labute approximate surface area is 181 Å². The number of hydrogen-bond acceptors (Lipinski definition) is 3. The molecule has 2 unspecified atom stereocenters. The van der Waals surface area contributed by atoms with E-state index in [1.54, 1.807) is 0 Å². The van der Waals surface area contributed by atoms with Crippen LogP contribution in [0.15, 0.2) is 54.7 Å². The second-order valence-corrected chi connectivity index (χ2v) is 8.84. The Bertz CT molecular complexity index is 1060. The van der Waals surface area contributed by atoms with E-state index in [0.29, 0.717) is 10.7 Å². The van der Waals surface area contributed by atoms with Crippen molar-refractivity contribution in [3.8, 4) is 17.1 Å². The van der Waals surface area contributed by atoms with Gasteiger partial charge in [0, 0.05) is 35.6 Å². The van der Waals surface area contributed by atoms with E-state index in [9.17, 15) is 4.79 Å². The molecule has 0 spiro atoms. The van der Waals surface area contributed by atoms with Gasteiger partial charge in [-0.05, 0) is 61.4 Å². The quantitative estimate of drug-likeness (QED) is 0.654. The van der Waals surface area contributed by atoms with Gasteiger partial charge in [-0.15, -0.1) is 0 Å². The van der Waals surface area contributed by atoms with E-state index in [1.165, 1.54) is 19.3 Å². The fourth-order valence-electron chi connectivity index (χ4n) is 4.83. The zero-order chi connectivity index (χ0) is 20.7. The van der Waals surface area contributed by atoms with E-state index in [2.05, 4.69) is 23.4 Å². The summed E-state index contributed by atoms with van der Waals surface area (Å²) in [5.41, 5.74) is 6.53. The van der Waals surface area contributed by atoms with Gasteiger partial charge in [-0.25, -0.2) is 9.99 Å². The van der Waals surface area contributed by atoms with E-state index < -0.39 is 0 Å². The minimum Gasteiger partial charge on any atom is -0.299 e. The van der Waals surface area contributed by atoms with Gasteiger partial charge in [0.05, 0.1) is 0 Å². The van der Waals surface area contributed by atoms with Crippen molar-refractivity contribution in [3.63, 3.8) is 0 Å². The number of fused-ring (bicyclic) bond motifs is 1. The summed E-state index contributed by atoms with van der Waals surface area (Å²) in [6, 6.07) is 15.7. The molecular formula is C24H25ClN4O. The number of aryl methyl sites for hydroxylation is 1. The molecule has 3 aromatic rings. The van der Waals surface area contributed by atoms with Gasteiger partial charge in [-0.2, -0.15) is 0 Å². The van der Waals surface area contributed by atoms with Crippen molar-refractivity contribution in [1.29, 1.82) is 0 Å². The molecule has 2 atom stereocenters. The first-order valence-corrected chi connectivity index (χ1v) is 10.9. The number of halogens is 1. The Kier molecular flexibility index (Phi) is 5.09. The highest BCUT2D eigenvalue weighted by atomic mass is 35.5. The van der Waals surface area contributed by atoms with Gasteiger partial charge in [0.15, 0.2) is 0 Å². The van der Waals surface area contributed by atoms with Crippen LogP contribution in [-0.4, -0.2) is 33.6 Å². The van der Waals surface area contributed by atoms with E-state index in [-0.39, 0.29) is 5.91 Å². The molecule has 1 aromatic heterocycles. The average molecular weight is 421 g/mol. The highest BCUT2D eigenvalue weighted by Gasteiger charge is 2.37. The van der Waals surface area contributed by atoms with Gasteiger partial charge in [0.25, 0.3) is 5.91 Å². The number of aromatic nitrogens is 2. The molecule has 30 heavy (non-hydrogen) atoms. The van der Waals surface area contributed by atoms with E-state index in [1.807, 2.05) is 53.2 Å². The highest BCUT2D eigenvalue weighted by Crippen LogP contribution is 2.37. The van der Waals surface area contributed by atoms with Gasteiger partial charge < -0.3 is 0 Å². The topological polar surface area (TPSA) is 50.2 Å². The summed E-state index contributed by atoms with van der Waals surface area (Å²) < 4.78 is 1.96. The van der Waals surface area contributed by atoms with Crippen molar-refractivity contribution in [1.82, 2.24) is 20.0 Å². The molecule has 1 aliphatic heterocycles. The van der Waals surface area contributed by atoms with Crippen LogP contribution in [0.2, 0.25) is 5.02 Å². The highest BCUT2D eigenvalue weighted by molar-refractivity contribution is 6.30. The second-order valence-electron chi connectivity index (χ2n) is 8.41. The van der Waals surface area contributed by atoms with Crippen LogP contribution in [0.4, 0.5) is 0 Å². The lowest BCUT2D eigenvalue weighted by molar-refractivity contribution is 0.0809. The first kappa shape index (κ1) is 19.3. The van der Waals surface area contributed by atoms with E-state index in [4.69, 9.17) is 16.6 Å². The van der Waals surface area contributed by atoms with Crippen LogP contribution in [0, 0.1) is 18.8 Å². The van der Waals surface area contributed by atoms with Gasteiger partial charge in [-0.3, -0.25) is 14.8 Å². The number of benzene rings is 2. The molecule has 1 amide bonds. The molecule has 1 aliphatic carbocycles. The molecule has 154 valence electrons. The zero-order valence-electron chi connectivity index (χ0n) is 17.0. The Morgan fingerprint density at radius 2 is 1.77 bits per heavy atom. The molecule has 6 heteroatoms. The lowest BCUT2D eigenvalue weighted by Gasteiger charge is -2.17. The molecule has 2 heterocycles. The second kappa shape index (κ2) is 7.89. The maximum absolute atomic E-state index is 13.0. The third-order valence-corrected chi connectivity index (χ3v) is 6.67. The predicted octanol–water partition coefficient (Wildman–Crippen LogP) is 4.88. The Hall–Kier alpha value is -2.63. The summed E-state index contributed by atoms with van der Waals surface area (Å²) in [7, 11) is 0. The van der Waals surface area contributed by atoms with Crippen molar-refractivity contribution >= 4 is 17.5 Å². The van der Waals surface area contributed by atoms with Crippen LogP contribution in [0.1, 0.15) is 35.3 Å². The number of hydrogen-bond donors (Lipinski definition) is 1. The van der Waals surface area contributed by atoms with Crippen LogP contribution >= 0.6 is 11.6 Å². The third-order valence-electron chi connectivity index (χ3n) is 6.42. The maximum Gasteiger partial charge on any atom is 0.285 e. The number of carbonyl (C=O) groups excluding carboxylic acids is 1. The summed E-state index contributed by atoms with van der Waals surface area (Å²) in [5, 5.41) is 2.75. The van der Waals surface area contributed by atoms with Crippen molar-refractivity contribution in [2.24, 2.45) is 11.8 Å². The van der Waals surface area contributed by atoms with Crippen molar-refractivity contribution < 1.29 is 4.79 Å². The fourth-order valence-corrected chi connectivity index (χ4v) is 4.96. The van der Waals surface area contributed by atoms with Crippen molar-refractivity contribution in [2.75, 3.05) is 13.1 Å². The number of imidazole rings is 1. The van der Waals surface area contributed by atoms with E-state index in [0.717, 1.165) is 47.6 Å². The molecular weight excluding hydrogens is 396 g/mol. The van der Waals surface area contributed by atoms with Crippen LogP contribution in [-0.2, 0) is 0 Å². The van der Waals surface area contributed by atoms with Crippen LogP contribution < -0.4 is 5.43 Å². The number of amides is 1. The molecule has 2 aliphatic rings. The lowest BCUT2D eigenvalue weighted by atomic mass is 10.0. The normalized spacial score (nSPS) is 21.0. The number of hydrazine groups is 1. The third kappa shape index (κ3) is 3.64. The SMILES string of the molecule is Cc1ccccc1-c1nc(C(=O)NN2CC3CCCC3C2)cn1-c1ccc(Cl)cc1. The maximum atomic E-state index is 13.0. The Morgan fingerprint density at radius 3 is 2.47 bits per heavy atom. The largest absolute Gasteiger partial charge is 0.299 e. The summed E-state index contributed by atoms with van der Waals surface area (Å²) in [5.74, 6) is 2.04. The first-order valence-electron chi connectivity index (χ1n) is 10.6. The summed E-state index contributed by atoms with van der Waals surface area (Å²) in [6.45, 7) is 3.94. The standard InChI is InChI=1S/C24H25ClN4O/c1-16-5-2-3-8-21(16)23-26-22(15-29(23)20-11-9-19(25)10-12-20)24(30)27-28-13-17-6-4-7-18(17)14-28/h2-3,5,8-12,15,17-18H,4,6-7,13-14H2,1H3,(H,27,30). The first-order chi connectivity index (χ1) is 14.6. The number of nitrogens with one attached hydrogen (secondary N) is 1. The minimum atomic E-state index is -0.155.